The van der Waals surface area contributed by atoms with Gasteiger partial charge in [-0.15, -0.1) is 11.6 Å². The molecule has 0 aromatic heterocycles. The Labute approximate surface area is 67.0 Å². The van der Waals surface area contributed by atoms with Crippen molar-refractivity contribution >= 4 is 11.6 Å². The number of alkyl halides is 1. The molecule has 0 spiro atoms. The van der Waals surface area contributed by atoms with Crippen LogP contribution in [0, 0.1) is 0 Å². The highest BCUT2D eigenvalue weighted by molar-refractivity contribution is 6.17. The van der Waals surface area contributed by atoms with Gasteiger partial charge in [0.2, 0.25) is 0 Å². The minimum absolute atomic E-state index is 0. The molecule has 0 aromatic carbocycles. The summed E-state index contributed by atoms with van der Waals surface area (Å²) in [6, 6.07) is 0. The van der Waals surface area contributed by atoms with Gasteiger partial charge in [-0.2, -0.15) is 0 Å². The lowest BCUT2D eigenvalue weighted by molar-refractivity contribution is -0.867. The van der Waals surface area contributed by atoms with E-state index in [-0.39, 0.29) is 17.0 Å². The highest BCUT2D eigenvalue weighted by Gasteiger charge is 2.02. The van der Waals surface area contributed by atoms with Crippen molar-refractivity contribution in [2.45, 2.75) is 0 Å². The Kier molecular flexibility index (Phi) is 6.61. The molecule has 0 amide bonds. The first-order chi connectivity index (χ1) is 3.06. The van der Waals surface area contributed by atoms with Gasteiger partial charge >= 0.3 is 0 Å². The first-order valence-electron chi connectivity index (χ1n) is 2.43. The summed E-state index contributed by atoms with van der Waals surface area (Å²) in [4.78, 5) is 0. The van der Waals surface area contributed by atoms with Crippen LogP contribution in [0.4, 0.5) is 0 Å². The van der Waals surface area contributed by atoms with Crippen molar-refractivity contribution < 1.29 is 21.5 Å². The average Bonchev–Trinajstić information content (AvgIpc) is 1.30. The third kappa shape index (κ3) is 9.88. The van der Waals surface area contributed by atoms with E-state index in [2.05, 4.69) is 21.1 Å². The third-order valence-electron chi connectivity index (χ3n) is 0.755. The summed E-state index contributed by atoms with van der Waals surface area (Å²) < 4.78 is 0.962. The normalized spacial score (nSPS) is 10.5. The molecule has 52 valence electrons. The quantitative estimate of drug-likeness (QED) is 0.357. The smallest absolute Gasteiger partial charge is 0.0918 e. The molecule has 0 saturated carbocycles. The predicted octanol–water partition coefficient (Wildman–Crippen LogP) is -2.06. The van der Waals surface area contributed by atoms with Crippen molar-refractivity contribution in [3.05, 3.63) is 0 Å². The van der Waals surface area contributed by atoms with Crippen molar-refractivity contribution in [1.82, 2.24) is 0 Å². The van der Waals surface area contributed by atoms with Crippen LogP contribution in [0.25, 0.3) is 0 Å². The molecule has 1 nitrogen and oxygen atoms in total. The van der Waals surface area contributed by atoms with E-state index in [1.165, 1.54) is 0 Å². The first kappa shape index (κ1) is 11.5. The molecule has 0 fully saturated rings. The topological polar surface area (TPSA) is 0 Å². The maximum Gasteiger partial charge on any atom is 0.0918 e. The van der Waals surface area contributed by atoms with Crippen LogP contribution in [0.5, 0.6) is 0 Å². The van der Waals surface area contributed by atoms with Crippen LogP contribution in [-0.4, -0.2) is 38.1 Å². The second-order valence-electron chi connectivity index (χ2n) is 2.70. The van der Waals surface area contributed by atoms with E-state index in [0.29, 0.717) is 0 Å². The van der Waals surface area contributed by atoms with E-state index in [1.54, 1.807) is 0 Å². The van der Waals surface area contributed by atoms with Crippen LogP contribution in [0.3, 0.4) is 0 Å². The molecule has 0 unspecified atom stereocenters. The fourth-order valence-corrected chi connectivity index (χ4v) is 0.761. The summed E-state index contributed by atoms with van der Waals surface area (Å²) in [7, 11) is 6.38. The fourth-order valence-electron chi connectivity index (χ4n) is 0.254. The van der Waals surface area contributed by atoms with Gasteiger partial charge in [-0.1, -0.05) is 0 Å². The summed E-state index contributed by atoms with van der Waals surface area (Å²) in [5.41, 5.74) is 0. The van der Waals surface area contributed by atoms with Crippen LogP contribution in [0.2, 0.25) is 0 Å². The second kappa shape index (κ2) is 4.59. The van der Waals surface area contributed by atoms with E-state index in [1.807, 2.05) is 0 Å². The molecular formula is C5H13BrClN. The van der Waals surface area contributed by atoms with E-state index < -0.39 is 0 Å². The Morgan fingerprint density at radius 3 is 1.62 bits per heavy atom. The highest BCUT2D eigenvalue weighted by atomic mass is 79.9. The molecule has 0 atom stereocenters. The van der Waals surface area contributed by atoms with Gasteiger partial charge in [-0.3, -0.25) is 0 Å². The molecule has 0 rings (SSSR count). The van der Waals surface area contributed by atoms with Gasteiger partial charge in [0.05, 0.1) is 33.6 Å². The molecule has 0 aromatic rings. The third-order valence-corrected chi connectivity index (χ3v) is 0.924. The average molecular weight is 203 g/mol. The second-order valence-corrected chi connectivity index (χ2v) is 3.08. The summed E-state index contributed by atoms with van der Waals surface area (Å²) in [5, 5.41) is 0. The van der Waals surface area contributed by atoms with Gasteiger partial charge in [-0.05, 0) is 0 Å². The number of nitrogens with zero attached hydrogens (tertiary/aromatic N) is 1. The van der Waals surface area contributed by atoms with Gasteiger partial charge in [-0.25, -0.2) is 0 Å². The minimum Gasteiger partial charge on any atom is -1.00 e. The van der Waals surface area contributed by atoms with E-state index >= 15 is 0 Å². The lowest BCUT2D eigenvalue weighted by atomic mass is 10.6. The Balaban J connectivity index is 0. The number of hydrogen-bond acceptors (Lipinski definition) is 0. The van der Waals surface area contributed by atoms with Crippen molar-refractivity contribution in [2.24, 2.45) is 0 Å². The molecule has 0 radical (unpaired) electrons. The van der Waals surface area contributed by atoms with Crippen LogP contribution >= 0.6 is 11.6 Å². The Hall–Kier alpha value is 0.730. The molecule has 0 heterocycles. The van der Waals surface area contributed by atoms with Crippen LogP contribution in [0.1, 0.15) is 0 Å². The van der Waals surface area contributed by atoms with Gasteiger partial charge in [0, 0.05) is 0 Å². The maximum atomic E-state index is 5.47. The summed E-state index contributed by atoms with van der Waals surface area (Å²) in [6.45, 7) is 1.04. The van der Waals surface area contributed by atoms with E-state index in [0.717, 1.165) is 16.9 Å². The summed E-state index contributed by atoms with van der Waals surface area (Å²) in [6.07, 6.45) is 0. The van der Waals surface area contributed by atoms with Gasteiger partial charge in [0.15, 0.2) is 0 Å². The molecule has 0 N–H and O–H groups in total. The molecule has 0 saturated heterocycles. The molecule has 8 heavy (non-hydrogen) atoms. The minimum atomic E-state index is 0. The van der Waals surface area contributed by atoms with Crippen LogP contribution in [0.15, 0.2) is 0 Å². The number of halogens is 2. The lowest BCUT2D eigenvalue weighted by Gasteiger charge is -2.21. The standard InChI is InChI=1S/C5H13ClN.BrH/c1-7(2,3)5-4-6;/h4-5H2,1-3H3;1H/q+1;/p-1. The maximum absolute atomic E-state index is 5.47. The number of rotatable bonds is 2. The predicted molar refractivity (Wildman–Crippen MR) is 33.6 cm³/mol. The fraction of sp³-hybridized carbons (Fsp3) is 1.00. The molecule has 0 bridgehead atoms. The zero-order valence-electron chi connectivity index (χ0n) is 5.62. The monoisotopic (exact) mass is 201 g/mol. The number of hydrogen-bond donors (Lipinski definition) is 0. The van der Waals surface area contributed by atoms with Crippen molar-refractivity contribution in [3.63, 3.8) is 0 Å². The van der Waals surface area contributed by atoms with Crippen molar-refractivity contribution in [1.29, 1.82) is 0 Å². The highest BCUT2D eigenvalue weighted by Crippen LogP contribution is 1.88. The molecule has 0 aliphatic rings. The molecular weight excluding hydrogens is 189 g/mol. The zero-order chi connectivity index (χ0) is 5.91. The summed E-state index contributed by atoms with van der Waals surface area (Å²) >= 11 is 5.47. The van der Waals surface area contributed by atoms with Crippen molar-refractivity contribution in [2.75, 3.05) is 33.6 Å². The number of quaternary nitrogens is 1. The molecule has 0 aliphatic carbocycles. The van der Waals surface area contributed by atoms with Gasteiger partial charge in [0.1, 0.15) is 0 Å². The zero-order valence-corrected chi connectivity index (χ0v) is 7.96. The lowest BCUT2D eigenvalue weighted by Crippen LogP contribution is -3.00. The van der Waals surface area contributed by atoms with E-state index in [9.17, 15) is 0 Å². The SMILES string of the molecule is C[N+](C)(C)CCCl.[Br-]. The van der Waals surface area contributed by atoms with Crippen LogP contribution < -0.4 is 17.0 Å². The van der Waals surface area contributed by atoms with Gasteiger partial charge in [0.25, 0.3) is 0 Å². The van der Waals surface area contributed by atoms with Gasteiger partial charge < -0.3 is 21.5 Å². The van der Waals surface area contributed by atoms with Crippen molar-refractivity contribution in [3.8, 4) is 0 Å². The molecule has 3 heteroatoms. The summed E-state index contributed by atoms with van der Waals surface area (Å²) in [5.74, 6) is 0.753. The first-order valence-corrected chi connectivity index (χ1v) is 2.96. The Bertz CT molecular complexity index is 50.9. The van der Waals surface area contributed by atoms with Crippen LogP contribution in [-0.2, 0) is 0 Å². The largest absolute Gasteiger partial charge is 1.00 e. The Morgan fingerprint density at radius 2 is 1.62 bits per heavy atom. The van der Waals surface area contributed by atoms with E-state index in [4.69, 9.17) is 11.6 Å². The Morgan fingerprint density at radius 1 is 1.25 bits per heavy atom. The molecule has 0 aliphatic heterocycles.